The van der Waals surface area contributed by atoms with Gasteiger partial charge in [0.05, 0.1) is 22.1 Å². The Balaban J connectivity index is 1.40. The lowest BCUT2D eigenvalue weighted by atomic mass is 9.95. The summed E-state index contributed by atoms with van der Waals surface area (Å²) in [7, 11) is 0. The van der Waals surface area contributed by atoms with Crippen molar-refractivity contribution in [2.75, 3.05) is 5.32 Å². The fourth-order valence-corrected chi connectivity index (χ4v) is 6.37. The number of carbonyl (C=O) groups excluding carboxylic acids is 2. The Labute approximate surface area is 239 Å². The van der Waals surface area contributed by atoms with E-state index in [0.717, 1.165) is 64.4 Å². The molecule has 1 saturated carbocycles. The molecule has 39 heavy (non-hydrogen) atoms. The molecule has 1 aliphatic carbocycles. The molecule has 202 valence electrons. The maximum atomic E-state index is 13.1. The lowest BCUT2D eigenvalue weighted by Crippen LogP contribution is -2.27. The molecule has 1 aliphatic heterocycles. The third-order valence-corrected chi connectivity index (χ3v) is 8.72. The van der Waals surface area contributed by atoms with E-state index in [2.05, 4.69) is 21.2 Å². The van der Waals surface area contributed by atoms with Crippen molar-refractivity contribution in [3.05, 3.63) is 90.5 Å². The highest BCUT2D eigenvalue weighted by Crippen LogP contribution is 2.36. The van der Waals surface area contributed by atoms with E-state index in [1.54, 1.807) is 18.2 Å². The van der Waals surface area contributed by atoms with Crippen LogP contribution in [0.1, 0.15) is 54.6 Å². The van der Waals surface area contributed by atoms with E-state index >= 15 is 0 Å². The van der Waals surface area contributed by atoms with Crippen LogP contribution in [0.25, 0.3) is 11.8 Å². The lowest BCUT2D eigenvalue weighted by molar-refractivity contribution is -0.384. The first-order valence-corrected chi connectivity index (χ1v) is 14.6. The van der Waals surface area contributed by atoms with E-state index in [9.17, 15) is 19.7 Å². The van der Waals surface area contributed by atoms with Gasteiger partial charge in [-0.25, -0.2) is 0 Å². The molecular weight excluding hydrogens is 580 g/mol. The van der Waals surface area contributed by atoms with Crippen molar-refractivity contribution in [3.8, 4) is 5.69 Å². The molecule has 2 fully saturated rings. The number of nitrogens with one attached hydrogen (secondary N) is 1. The highest BCUT2D eigenvalue weighted by molar-refractivity contribution is 9.10. The Morgan fingerprint density at radius 2 is 1.79 bits per heavy atom. The molecule has 1 aromatic heterocycles. The number of carbonyl (C=O) groups is 2. The zero-order valence-corrected chi connectivity index (χ0v) is 24.2. The van der Waals surface area contributed by atoms with Gasteiger partial charge in [-0.1, -0.05) is 47.3 Å². The zero-order chi connectivity index (χ0) is 27.7. The number of nitrogens with zero attached hydrogens (tertiary/aromatic N) is 3. The molecule has 0 atom stereocenters. The largest absolute Gasteiger partial charge is 0.377 e. The summed E-state index contributed by atoms with van der Waals surface area (Å²) >= 11 is 4.32. The molecule has 5 rings (SSSR count). The van der Waals surface area contributed by atoms with Crippen molar-refractivity contribution in [2.24, 2.45) is 0 Å². The summed E-state index contributed by atoms with van der Waals surface area (Å²) in [5, 5.41) is 15.0. The van der Waals surface area contributed by atoms with E-state index in [-0.39, 0.29) is 34.3 Å². The second kappa shape index (κ2) is 11.4. The van der Waals surface area contributed by atoms with Crippen LogP contribution in [-0.2, 0) is 11.3 Å². The number of rotatable bonds is 7. The van der Waals surface area contributed by atoms with Crippen LogP contribution in [0, 0.1) is 24.0 Å². The van der Waals surface area contributed by atoms with Crippen molar-refractivity contribution in [1.82, 2.24) is 9.47 Å². The van der Waals surface area contributed by atoms with E-state index in [1.807, 2.05) is 54.8 Å². The van der Waals surface area contributed by atoms with Gasteiger partial charge in [-0.15, -0.1) is 0 Å². The molecule has 0 radical (unpaired) electrons. The third kappa shape index (κ3) is 5.81. The predicted octanol–water partition coefficient (Wildman–Crippen LogP) is 7.75. The number of aromatic nitrogens is 1. The van der Waals surface area contributed by atoms with Crippen molar-refractivity contribution in [1.29, 1.82) is 0 Å². The van der Waals surface area contributed by atoms with Crippen LogP contribution >= 0.6 is 27.7 Å². The quantitative estimate of drug-likeness (QED) is 0.167. The van der Waals surface area contributed by atoms with Crippen LogP contribution in [0.2, 0.25) is 0 Å². The first-order chi connectivity index (χ1) is 18.7. The fraction of sp³-hybridized carbons (Fsp3) is 0.310. The Kier molecular flexibility index (Phi) is 7.95. The lowest BCUT2D eigenvalue weighted by Gasteiger charge is -2.24. The van der Waals surface area contributed by atoms with Crippen LogP contribution in [0.4, 0.5) is 16.2 Å². The Morgan fingerprint density at radius 1 is 1.08 bits per heavy atom. The molecule has 10 heteroatoms. The fourth-order valence-electron chi connectivity index (χ4n) is 5.28. The number of halogens is 1. The summed E-state index contributed by atoms with van der Waals surface area (Å²) in [6.45, 7) is 4.04. The van der Waals surface area contributed by atoms with Gasteiger partial charge in [-0.3, -0.25) is 24.6 Å². The average Bonchev–Trinajstić information content (AvgIpc) is 3.34. The standard InChI is InChI=1S/C29H29BrN4O4S/c1-18-14-21(15-27-28(35)32(29(36)39-27)17-20-8-10-22(30)11-9-20)19(2)33(18)24-12-13-25(26(16-24)34(37)38)31-23-6-4-3-5-7-23/h8-16,23,31H,3-7,17H2,1-2H3/b27-15-. The summed E-state index contributed by atoms with van der Waals surface area (Å²) in [5.74, 6) is -0.327. The highest BCUT2D eigenvalue weighted by Gasteiger charge is 2.35. The Bertz CT molecular complexity index is 1480. The first-order valence-electron chi connectivity index (χ1n) is 13.0. The van der Waals surface area contributed by atoms with Gasteiger partial charge in [0.15, 0.2) is 0 Å². The van der Waals surface area contributed by atoms with Gasteiger partial charge in [0.1, 0.15) is 5.69 Å². The number of aryl methyl sites for hydroxylation is 1. The van der Waals surface area contributed by atoms with Crippen LogP contribution < -0.4 is 5.32 Å². The van der Waals surface area contributed by atoms with Crippen LogP contribution in [0.3, 0.4) is 0 Å². The molecule has 0 bridgehead atoms. The summed E-state index contributed by atoms with van der Waals surface area (Å²) in [5.41, 5.74) is 4.61. The summed E-state index contributed by atoms with van der Waals surface area (Å²) in [6.07, 6.45) is 7.26. The zero-order valence-electron chi connectivity index (χ0n) is 21.8. The second-order valence-electron chi connectivity index (χ2n) is 9.99. The molecule has 2 amide bonds. The monoisotopic (exact) mass is 608 g/mol. The van der Waals surface area contributed by atoms with Crippen molar-refractivity contribution < 1.29 is 14.5 Å². The molecule has 3 aromatic rings. The topological polar surface area (TPSA) is 97.5 Å². The normalized spacial score (nSPS) is 17.3. The predicted molar refractivity (Wildman–Crippen MR) is 158 cm³/mol. The first kappa shape index (κ1) is 27.2. The number of amides is 2. The van der Waals surface area contributed by atoms with Gasteiger partial charge in [-0.05, 0) is 86.0 Å². The SMILES string of the molecule is Cc1cc(/C=C2\SC(=O)N(Cc3ccc(Br)cc3)C2=O)c(C)n1-c1ccc(NC2CCCCC2)c([N+](=O)[O-])c1. The Hall–Kier alpha value is -3.37. The van der Waals surface area contributed by atoms with E-state index in [1.165, 1.54) is 11.3 Å². The van der Waals surface area contributed by atoms with Crippen molar-refractivity contribution >= 4 is 56.3 Å². The highest BCUT2D eigenvalue weighted by atomic mass is 79.9. The minimum Gasteiger partial charge on any atom is -0.377 e. The molecule has 0 spiro atoms. The van der Waals surface area contributed by atoms with E-state index < -0.39 is 0 Å². The van der Waals surface area contributed by atoms with Gasteiger partial charge in [0.25, 0.3) is 16.8 Å². The van der Waals surface area contributed by atoms with Gasteiger partial charge in [0, 0.05) is 28.0 Å². The van der Waals surface area contributed by atoms with Gasteiger partial charge in [-0.2, -0.15) is 0 Å². The molecule has 2 aliphatic rings. The number of nitro groups is 1. The maximum Gasteiger partial charge on any atom is 0.294 e. The summed E-state index contributed by atoms with van der Waals surface area (Å²) < 4.78 is 2.87. The summed E-state index contributed by atoms with van der Waals surface area (Å²) in [6, 6.07) is 15.0. The van der Waals surface area contributed by atoms with Crippen LogP contribution in [0.5, 0.6) is 0 Å². The molecule has 0 unspecified atom stereocenters. The number of imide groups is 1. The van der Waals surface area contributed by atoms with Gasteiger partial charge in [0.2, 0.25) is 0 Å². The smallest absolute Gasteiger partial charge is 0.294 e. The molecular formula is C29H29BrN4O4S. The third-order valence-electron chi connectivity index (χ3n) is 7.29. The number of benzene rings is 2. The second-order valence-corrected chi connectivity index (χ2v) is 11.9. The molecule has 8 nitrogen and oxygen atoms in total. The van der Waals surface area contributed by atoms with Crippen molar-refractivity contribution in [3.63, 3.8) is 0 Å². The van der Waals surface area contributed by atoms with Crippen LogP contribution in [-0.4, -0.2) is 31.6 Å². The molecule has 1 saturated heterocycles. The minimum atomic E-state index is -0.342. The number of anilines is 1. The van der Waals surface area contributed by atoms with E-state index in [0.29, 0.717) is 16.3 Å². The minimum absolute atomic E-state index is 0.0428. The maximum absolute atomic E-state index is 13.1. The number of nitro benzene ring substituents is 1. The number of hydrogen-bond acceptors (Lipinski definition) is 6. The van der Waals surface area contributed by atoms with E-state index in [4.69, 9.17) is 0 Å². The van der Waals surface area contributed by atoms with Crippen LogP contribution in [0.15, 0.2) is 57.9 Å². The molecule has 1 N–H and O–H groups in total. The summed E-state index contributed by atoms with van der Waals surface area (Å²) in [4.78, 5) is 39.0. The average molecular weight is 610 g/mol. The van der Waals surface area contributed by atoms with Gasteiger partial charge >= 0.3 is 0 Å². The van der Waals surface area contributed by atoms with Gasteiger partial charge < -0.3 is 9.88 Å². The Morgan fingerprint density at radius 3 is 2.49 bits per heavy atom. The number of thioether (sulfide) groups is 1. The number of hydrogen-bond donors (Lipinski definition) is 1. The van der Waals surface area contributed by atoms with Crippen molar-refractivity contribution in [2.45, 2.75) is 58.5 Å². The molecule has 2 aromatic carbocycles. The molecule has 2 heterocycles.